The molecule has 0 aromatic rings. The topological polar surface area (TPSA) is 3.24 Å². The van der Waals surface area contributed by atoms with Crippen LogP contribution in [0, 0.1) is 17.8 Å². The summed E-state index contributed by atoms with van der Waals surface area (Å²) >= 11 is 0. The van der Waals surface area contributed by atoms with E-state index in [1.807, 2.05) is 0 Å². The first kappa shape index (κ1) is 13.0. The van der Waals surface area contributed by atoms with Gasteiger partial charge >= 0.3 is 0 Å². The van der Waals surface area contributed by atoms with Crippen molar-refractivity contribution in [3.63, 3.8) is 0 Å². The van der Waals surface area contributed by atoms with Crippen LogP contribution in [0.25, 0.3) is 0 Å². The maximum Gasteiger partial charge on any atom is -0.00159 e. The fourth-order valence-corrected chi connectivity index (χ4v) is 2.95. The molecule has 1 heterocycles. The molecule has 1 aliphatic rings. The Morgan fingerprint density at radius 2 is 1.40 bits per heavy atom. The third kappa shape index (κ3) is 4.55. The number of piperidine rings is 1. The van der Waals surface area contributed by atoms with Crippen molar-refractivity contribution < 1.29 is 0 Å². The molecule has 1 nitrogen and oxygen atoms in total. The maximum atomic E-state index is 2.67. The van der Waals surface area contributed by atoms with Crippen molar-refractivity contribution in [1.82, 2.24) is 4.90 Å². The zero-order chi connectivity index (χ0) is 11.3. The van der Waals surface area contributed by atoms with Crippen LogP contribution in [0.3, 0.4) is 0 Å². The molecule has 0 atom stereocenters. The molecule has 0 bridgehead atoms. The van der Waals surface area contributed by atoms with Crippen LogP contribution in [0.15, 0.2) is 0 Å². The van der Waals surface area contributed by atoms with Gasteiger partial charge in [0.15, 0.2) is 0 Å². The van der Waals surface area contributed by atoms with Gasteiger partial charge in [-0.2, -0.15) is 0 Å². The van der Waals surface area contributed by atoms with Crippen LogP contribution in [0.2, 0.25) is 0 Å². The van der Waals surface area contributed by atoms with Gasteiger partial charge in [0.2, 0.25) is 0 Å². The summed E-state index contributed by atoms with van der Waals surface area (Å²) in [5, 5.41) is 0. The summed E-state index contributed by atoms with van der Waals surface area (Å²) in [5.74, 6) is 2.59. The van der Waals surface area contributed by atoms with Gasteiger partial charge in [-0.1, -0.05) is 34.1 Å². The van der Waals surface area contributed by atoms with Gasteiger partial charge in [-0.15, -0.1) is 0 Å². The van der Waals surface area contributed by atoms with Crippen LogP contribution >= 0.6 is 0 Å². The van der Waals surface area contributed by atoms with Crippen molar-refractivity contribution in [3.05, 3.63) is 0 Å². The minimum absolute atomic E-state index is 0.842. The molecule has 0 saturated carbocycles. The third-order valence-corrected chi connectivity index (χ3v) is 3.94. The van der Waals surface area contributed by atoms with E-state index in [9.17, 15) is 0 Å². The summed E-state index contributed by atoms with van der Waals surface area (Å²) < 4.78 is 0. The monoisotopic (exact) mass is 211 g/mol. The molecule has 0 N–H and O–H groups in total. The minimum Gasteiger partial charge on any atom is -0.303 e. The SMILES string of the molecule is CC(C)C(CCN1CCCCC1)C(C)C. The Kier molecular flexibility index (Phi) is 5.66. The van der Waals surface area contributed by atoms with E-state index < -0.39 is 0 Å². The number of hydrogen-bond donors (Lipinski definition) is 0. The Labute approximate surface area is 96.2 Å². The van der Waals surface area contributed by atoms with Crippen LogP contribution in [0.4, 0.5) is 0 Å². The van der Waals surface area contributed by atoms with E-state index in [0.29, 0.717) is 0 Å². The van der Waals surface area contributed by atoms with E-state index >= 15 is 0 Å². The minimum atomic E-state index is 0.842. The van der Waals surface area contributed by atoms with Crippen molar-refractivity contribution in [3.8, 4) is 0 Å². The molecule has 1 fully saturated rings. The highest BCUT2D eigenvalue weighted by molar-refractivity contribution is 4.71. The lowest BCUT2D eigenvalue weighted by atomic mass is 9.83. The number of likely N-dealkylation sites (tertiary alicyclic amines) is 1. The Bertz CT molecular complexity index is 149. The fourth-order valence-electron chi connectivity index (χ4n) is 2.95. The van der Waals surface area contributed by atoms with E-state index in [1.165, 1.54) is 45.3 Å². The van der Waals surface area contributed by atoms with Crippen molar-refractivity contribution >= 4 is 0 Å². The van der Waals surface area contributed by atoms with E-state index in [1.54, 1.807) is 0 Å². The van der Waals surface area contributed by atoms with Gasteiger partial charge < -0.3 is 4.90 Å². The Hall–Kier alpha value is -0.0400. The van der Waals surface area contributed by atoms with Crippen molar-refractivity contribution in [2.24, 2.45) is 17.8 Å². The molecule has 0 spiro atoms. The van der Waals surface area contributed by atoms with Gasteiger partial charge in [-0.3, -0.25) is 0 Å². The highest BCUT2D eigenvalue weighted by Crippen LogP contribution is 2.24. The molecule has 0 aromatic heterocycles. The first-order chi connectivity index (χ1) is 7.11. The molecule has 0 unspecified atom stereocenters. The van der Waals surface area contributed by atoms with Gasteiger partial charge in [0.25, 0.3) is 0 Å². The average Bonchev–Trinajstić information content (AvgIpc) is 2.18. The molecule has 0 amide bonds. The molecule has 0 radical (unpaired) electrons. The lowest BCUT2D eigenvalue weighted by Gasteiger charge is -2.31. The lowest BCUT2D eigenvalue weighted by molar-refractivity contribution is 0.181. The molecule has 1 saturated heterocycles. The van der Waals surface area contributed by atoms with Crippen molar-refractivity contribution in [2.75, 3.05) is 19.6 Å². The zero-order valence-electron chi connectivity index (χ0n) is 11.1. The molecule has 1 rings (SSSR count). The number of hydrogen-bond acceptors (Lipinski definition) is 1. The molecule has 90 valence electrons. The van der Waals surface area contributed by atoms with E-state index in [2.05, 4.69) is 32.6 Å². The number of rotatable bonds is 5. The van der Waals surface area contributed by atoms with Crippen molar-refractivity contribution in [1.29, 1.82) is 0 Å². The summed E-state index contributed by atoms with van der Waals surface area (Å²) in [5.41, 5.74) is 0. The summed E-state index contributed by atoms with van der Waals surface area (Å²) in [6, 6.07) is 0. The largest absolute Gasteiger partial charge is 0.303 e. The quantitative estimate of drug-likeness (QED) is 0.669. The predicted octanol–water partition coefficient (Wildman–Crippen LogP) is 3.79. The average molecular weight is 211 g/mol. The first-order valence-electron chi connectivity index (χ1n) is 6.83. The molecule has 15 heavy (non-hydrogen) atoms. The number of nitrogens with zero attached hydrogens (tertiary/aromatic N) is 1. The third-order valence-electron chi connectivity index (χ3n) is 3.94. The Morgan fingerprint density at radius 1 is 0.867 bits per heavy atom. The second-order valence-electron chi connectivity index (χ2n) is 5.84. The van der Waals surface area contributed by atoms with E-state index in [0.717, 1.165) is 17.8 Å². The van der Waals surface area contributed by atoms with Crippen LogP contribution < -0.4 is 0 Å². The van der Waals surface area contributed by atoms with Gasteiger partial charge in [0.05, 0.1) is 0 Å². The molecular formula is C14H29N. The molecule has 0 aromatic carbocycles. The summed E-state index contributed by atoms with van der Waals surface area (Å²) in [7, 11) is 0. The van der Waals surface area contributed by atoms with Gasteiger partial charge in [0.1, 0.15) is 0 Å². The summed E-state index contributed by atoms with van der Waals surface area (Å²) in [4.78, 5) is 2.67. The van der Waals surface area contributed by atoms with Crippen molar-refractivity contribution in [2.45, 2.75) is 53.4 Å². The van der Waals surface area contributed by atoms with Gasteiger partial charge in [0, 0.05) is 0 Å². The van der Waals surface area contributed by atoms with Crippen LogP contribution in [0.1, 0.15) is 53.4 Å². The Balaban J connectivity index is 2.26. The normalized spacial score (nSPS) is 19.4. The zero-order valence-corrected chi connectivity index (χ0v) is 11.1. The second kappa shape index (κ2) is 6.52. The fraction of sp³-hybridized carbons (Fsp3) is 1.00. The van der Waals surface area contributed by atoms with E-state index in [4.69, 9.17) is 0 Å². The Morgan fingerprint density at radius 3 is 1.87 bits per heavy atom. The van der Waals surface area contributed by atoms with Crippen LogP contribution in [-0.2, 0) is 0 Å². The van der Waals surface area contributed by atoms with Crippen LogP contribution in [-0.4, -0.2) is 24.5 Å². The lowest BCUT2D eigenvalue weighted by Crippen LogP contribution is -2.32. The summed E-state index contributed by atoms with van der Waals surface area (Å²) in [6.45, 7) is 13.5. The molecule has 0 aliphatic carbocycles. The second-order valence-corrected chi connectivity index (χ2v) is 5.84. The first-order valence-corrected chi connectivity index (χ1v) is 6.83. The molecule has 1 aliphatic heterocycles. The van der Waals surface area contributed by atoms with Gasteiger partial charge in [-0.25, -0.2) is 0 Å². The molecule has 1 heteroatoms. The van der Waals surface area contributed by atoms with E-state index in [-0.39, 0.29) is 0 Å². The van der Waals surface area contributed by atoms with Gasteiger partial charge in [-0.05, 0) is 56.7 Å². The summed E-state index contributed by atoms with van der Waals surface area (Å²) in [6.07, 6.45) is 5.70. The highest BCUT2D eigenvalue weighted by atomic mass is 15.1. The standard InChI is InChI=1S/C14H29N/c1-12(2)14(13(3)4)8-11-15-9-6-5-7-10-15/h12-14H,5-11H2,1-4H3. The predicted molar refractivity (Wildman–Crippen MR) is 68.1 cm³/mol. The highest BCUT2D eigenvalue weighted by Gasteiger charge is 2.19. The van der Waals surface area contributed by atoms with Crippen LogP contribution in [0.5, 0.6) is 0 Å². The smallest absolute Gasteiger partial charge is 0.00159 e. The maximum absolute atomic E-state index is 2.67. The molecular weight excluding hydrogens is 182 g/mol.